The van der Waals surface area contributed by atoms with E-state index in [2.05, 4.69) is 10.6 Å². The van der Waals surface area contributed by atoms with Crippen LogP contribution in [0, 0.1) is 6.92 Å². The smallest absolute Gasteiger partial charge is 0.238 e. The van der Waals surface area contributed by atoms with Crippen molar-refractivity contribution in [1.82, 2.24) is 5.32 Å². The number of benzene rings is 1. The average molecular weight is 285 g/mol. The van der Waals surface area contributed by atoms with Crippen molar-refractivity contribution in [3.63, 3.8) is 0 Å². The Morgan fingerprint density at radius 3 is 2.89 bits per heavy atom. The topological polar surface area (TPSA) is 61.4 Å². The van der Waals surface area contributed by atoms with Crippen molar-refractivity contribution < 1.29 is 9.90 Å². The lowest BCUT2D eigenvalue weighted by Crippen LogP contribution is -2.30. The van der Waals surface area contributed by atoms with Gasteiger partial charge in [0, 0.05) is 10.7 Å². The maximum Gasteiger partial charge on any atom is 0.238 e. The fourth-order valence-electron chi connectivity index (χ4n) is 1.60. The summed E-state index contributed by atoms with van der Waals surface area (Å²) in [5.41, 5.74) is 1.70. The average Bonchev–Trinajstić information content (AvgIpc) is 2.38. The lowest BCUT2D eigenvalue weighted by Gasteiger charge is -2.11. The highest BCUT2D eigenvalue weighted by Crippen LogP contribution is 2.19. The number of aryl methyl sites for hydroxylation is 1. The molecule has 5 heteroatoms. The third-order valence-corrected chi connectivity index (χ3v) is 3.12. The number of carbonyl (C=O) groups excluding carboxylic acids is 1. The monoisotopic (exact) mass is 284 g/mol. The molecule has 4 nitrogen and oxygen atoms in total. The lowest BCUT2D eigenvalue weighted by atomic mass is 10.2. The number of aliphatic hydroxyl groups excluding tert-OH is 1. The quantitative estimate of drug-likeness (QED) is 0.674. The van der Waals surface area contributed by atoms with Crippen molar-refractivity contribution in [2.75, 3.05) is 18.4 Å². The molecule has 0 aliphatic carbocycles. The van der Waals surface area contributed by atoms with Gasteiger partial charge in [0.1, 0.15) is 0 Å². The summed E-state index contributed by atoms with van der Waals surface area (Å²) in [7, 11) is 0. The predicted molar refractivity (Wildman–Crippen MR) is 78.6 cm³/mol. The Labute approximate surface area is 119 Å². The van der Waals surface area contributed by atoms with E-state index in [4.69, 9.17) is 11.6 Å². The van der Waals surface area contributed by atoms with E-state index >= 15 is 0 Å². The molecular formula is C14H21ClN2O2. The molecule has 0 radical (unpaired) electrons. The number of carbonyl (C=O) groups is 1. The summed E-state index contributed by atoms with van der Waals surface area (Å²) < 4.78 is 0. The van der Waals surface area contributed by atoms with Crippen LogP contribution in [0.25, 0.3) is 0 Å². The van der Waals surface area contributed by atoms with Crippen molar-refractivity contribution >= 4 is 23.2 Å². The summed E-state index contributed by atoms with van der Waals surface area (Å²) in [5, 5.41) is 15.8. The molecule has 106 valence electrons. The van der Waals surface area contributed by atoms with Crippen LogP contribution in [0.3, 0.4) is 0 Å². The van der Waals surface area contributed by atoms with E-state index < -0.39 is 0 Å². The van der Waals surface area contributed by atoms with Crippen molar-refractivity contribution in [2.45, 2.75) is 32.8 Å². The first-order valence-corrected chi connectivity index (χ1v) is 6.85. The zero-order valence-electron chi connectivity index (χ0n) is 11.4. The van der Waals surface area contributed by atoms with E-state index in [1.807, 2.05) is 19.9 Å². The number of hydrogen-bond donors (Lipinski definition) is 3. The Balaban J connectivity index is 2.33. The molecule has 19 heavy (non-hydrogen) atoms. The largest absolute Gasteiger partial charge is 0.393 e. The molecule has 1 aromatic rings. The second-order valence-corrected chi connectivity index (χ2v) is 4.97. The van der Waals surface area contributed by atoms with Gasteiger partial charge in [-0.25, -0.2) is 0 Å². The van der Waals surface area contributed by atoms with Gasteiger partial charge in [-0.2, -0.15) is 0 Å². The fourth-order valence-corrected chi connectivity index (χ4v) is 1.77. The zero-order chi connectivity index (χ0) is 14.3. The minimum Gasteiger partial charge on any atom is -0.393 e. The summed E-state index contributed by atoms with van der Waals surface area (Å²) in [6.07, 6.45) is 1.08. The van der Waals surface area contributed by atoms with Crippen LogP contribution in [-0.4, -0.2) is 30.2 Å². The fraction of sp³-hybridized carbons (Fsp3) is 0.500. The number of hydrogen-bond acceptors (Lipinski definition) is 3. The SMILES string of the molecule is CCC(O)CCNCC(=O)Nc1cc(Cl)ccc1C. The summed E-state index contributed by atoms with van der Waals surface area (Å²) in [6, 6.07) is 5.38. The second-order valence-electron chi connectivity index (χ2n) is 4.53. The Kier molecular flexibility index (Phi) is 6.84. The number of halogens is 1. The molecule has 0 bridgehead atoms. The Hall–Kier alpha value is -1.10. The molecular weight excluding hydrogens is 264 g/mol. The van der Waals surface area contributed by atoms with Gasteiger partial charge in [0.25, 0.3) is 0 Å². The maximum absolute atomic E-state index is 11.7. The lowest BCUT2D eigenvalue weighted by molar-refractivity contribution is -0.115. The molecule has 0 fully saturated rings. The van der Waals surface area contributed by atoms with Gasteiger partial charge >= 0.3 is 0 Å². The van der Waals surface area contributed by atoms with E-state index in [-0.39, 0.29) is 18.6 Å². The number of rotatable bonds is 7. The molecule has 3 N–H and O–H groups in total. The van der Waals surface area contributed by atoms with Gasteiger partial charge in [0.15, 0.2) is 0 Å². The second kappa shape index (κ2) is 8.15. The van der Waals surface area contributed by atoms with Gasteiger partial charge in [-0.05, 0) is 44.0 Å². The highest BCUT2D eigenvalue weighted by Gasteiger charge is 2.06. The molecule has 0 saturated heterocycles. The van der Waals surface area contributed by atoms with Crippen LogP contribution >= 0.6 is 11.6 Å². The molecule has 0 aromatic heterocycles. The molecule has 1 atom stereocenters. The minimum atomic E-state index is -0.300. The molecule has 1 aromatic carbocycles. The standard InChI is InChI=1S/C14H21ClN2O2/c1-3-12(18)6-7-16-9-14(19)17-13-8-11(15)5-4-10(13)2/h4-5,8,12,16,18H,3,6-7,9H2,1-2H3,(H,17,19). The van der Waals surface area contributed by atoms with Crippen LogP contribution in [-0.2, 0) is 4.79 Å². The summed E-state index contributed by atoms with van der Waals surface area (Å²) in [5.74, 6) is -0.114. The Morgan fingerprint density at radius 2 is 2.21 bits per heavy atom. The van der Waals surface area contributed by atoms with Crippen molar-refractivity contribution in [1.29, 1.82) is 0 Å². The van der Waals surface area contributed by atoms with Crippen LogP contribution in [0.15, 0.2) is 18.2 Å². The molecule has 0 aliphatic rings. The number of nitrogens with one attached hydrogen (secondary N) is 2. The van der Waals surface area contributed by atoms with E-state index in [0.29, 0.717) is 18.0 Å². The molecule has 0 saturated carbocycles. The molecule has 0 spiro atoms. The van der Waals surface area contributed by atoms with Crippen molar-refractivity contribution in [2.24, 2.45) is 0 Å². The van der Waals surface area contributed by atoms with Gasteiger partial charge in [0.2, 0.25) is 5.91 Å². The molecule has 1 unspecified atom stereocenters. The van der Waals surface area contributed by atoms with Crippen LogP contribution in [0.1, 0.15) is 25.3 Å². The summed E-state index contributed by atoms with van der Waals surface area (Å²) in [6.45, 7) is 4.69. The first-order valence-electron chi connectivity index (χ1n) is 6.47. The van der Waals surface area contributed by atoms with Crippen LogP contribution in [0.2, 0.25) is 5.02 Å². The minimum absolute atomic E-state index is 0.114. The third kappa shape index (κ3) is 6.05. The highest BCUT2D eigenvalue weighted by atomic mass is 35.5. The van der Waals surface area contributed by atoms with E-state index in [1.54, 1.807) is 12.1 Å². The molecule has 0 aliphatic heterocycles. The Bertz CT molecular complexity index is 424. The summed E-state index contributed by atoms with van der Waals surface area (Å²) in [4.78, 5) is 11.7. The molecule has 1 rings (SSSR count). The van der Waals surface area contributed by atoms with Crippen molar-refractivity contribution in [3.8, 4) is 0 Å². The van der Waals surface area contributed by atoms with Gasteiger partial charge in [-0.1, -0.05) is 24.6 Å². The number of amides is 1. The first-order chi connectivity index (χ1) is 9.02. The third-order valence-electron chi connectivity index (χ3n) is 2.88. The maximum atomic E-state index is 11.7. The molecule has 0 heterocycles. The zero-order valence-corrected chi connectivity index (χ0v) is 12.1. The van der Waals surface area contributed by atoms with Crippen LogP contribution in [0.4, 0.5) is 5.69 Å². The highest BCUT2D eigenvalue weighted by molar-refractivity contribution is 6.31. The van der Waals surface area contributed by atoms with Gasteiger partial charge < -0.3 is 15.7 Å². The van der Waals surface area contributed by atoms with Crippen LogP contribution in [0.5, 0.6) is 0 Å². The van der Waals surface area contributed by atoms with Crippen LogP contribution < -0.4 is 10.6 Å². The predicted octanol–water partition coefficient (Wildman–Crippen LogP) is 2.34. The Morgan fingerprint density at radius 1 is 1.47 bits per heavy atom. The normalized spacial score (nSPS) is 12.2. The molecule has 1 amide bonds. The summed E-state index contributed by atoms with van der Waals surface area (Å²) >= 11 is 5.88. The van der Waals surface area contributed by atoms with E-state index in [9.17, 15) is 9.90 Å². The van der Waals surface area contributed by atoms with E-state index in [0.717, 1.165) is 17.7 Å². The van der Waals surface area contributed by atoms with Gasteiger partial charge in [0.05, 0.1) is 12.6 Å². The van der Waals surface area contributed by atoms with E-state index in [1.165, 1.54) is 0 Å². The van der Waals surface area contributed by atoms with Gasteiger partial charge in [-0.15, -0.1) is 0 Å². The van der Waals surface area contributed by atoms with Crippen molar-refractivity contribution in [3.05, 3.63) is 28.8 Å². The van der Waals surface area contributed by atoms with Gasteiger partial charge in [-0.3, -0.25) is 4.79 Å². The number of aliphatic hydroxyl groups is 1. The first kappa shape index (κ1) is 16.0. The number of anilines is 1.